The molecule has 0 bridgehead atoms. The number of pyridine rings is 1. The van der Waals surface area contributed by atoms with Crippen LogP contribution in [-0.2, 0) is 6.42 Å². The molecule has 1 aromatic carbocycles. The van der Waals surface area contributed by atoms with E-state index in [4.69, 9.17) is 0 Å². The summed E-state index contributed by atoms with van der Waals surface area (Å²) in [5.41, 5.74) is 2.61. The first-order chi connectivity index (χ1) is 10.2. The SMILES string of the molecule is CNC1CCC(c2cccc(F)c2F)Cc2cccnc21. The Balaban J connectivity index is 1.99. The van der Waals surface area contributed by atoms with Crippen LogP contribution < -0.4 is 5.32 Å². The second-order valence-electron chi connectivity index (χ2n) is 5.51. The van der Waals surface area contributed by atoms with Crippen molar-refractivity contribution in [2.75, 3.05) is 7.05 Å². The molecule has 1 aliphatic carbocycles. The molecule has 1 N–H and O–H groups in total. The van der Waals surface area contributed by atoms with E-state index in [1.165, 1.54) is 6.07 Å². The molecule has 1 aromatic heterocycles. The molecule has 0 amide bonds. The fourth-order valence-electron chi connectivity index (χ4n) is 3.19. The zero-order valence-electron chi connectivity index (χ0n) is 11.9. The van der Waals surface area contributed by atoms with Crippen LogP contribution in [0.3, 0.4) is 0 Å². The molecule has 2 unspecified atom stereocenters. The standard InChI is InChI=1S/C17H18F2N2/c1-20-15-8-7-11(10-12-4-3-9-21-17(12)15)13-5-2-6-14(18)16(13)19/h2-6,9,11,15,20H,7-8,10H2,1H3. The maximum absolute atomic E-state index is 14.1. The third-order valence-electron chi connectivity index (χ3n) is 4.30. The van der Waals surface area contributed by atoms with Crippen LogP contribution in [0.2, 0.25) is 0 Å². The molecule has 0 radical (unpaired) electrons. The van der Waals surface area contributed by atoms with Crippen molar-refractivity contribution >= 4 is 0 Å². The first kappa shape index (κ1) is 14.1. The van der Waals surface area contributed by atoms with Gasteiger partial charge in [0.05, 0.1) is 5.69 Å². The van der Waals surface area contributed by atoms with Crippen molar-refractivity contribution in [1.29, 1.82) is 0 Å². The molecule has 2 atom stereocenters. The number of fused-ring (bicyclic) bond motifs is 1. The summed E-state index contributed by atoms with van der Waals surface area (Å²) in [6, 6.07) is 8.54. The maximum Gasteiger partial charge on any atom is 0.162 e. The number of rotatable bonds is 2. The number of halogens is 2. The van der Waals surface area contributed by atoms with Crippen molar-refractivity contribution in [3.05, 3.63) is 65.0 Å². The van der Waals surface area contributed by atoms with Gasteiger partial charge in [-0.15, -0.1) is 0 Å². The molecule has 2 nitrogen and oxygen atoms in total. The lowest BCUT2D eigenvalue weighted by atomic mass is 9.90. The van der Waals surface area contributed by atoms with Gasteiger partial charge in [-0.1, -0.05) is 18.2 Å². The van der Waals surface area contributed by atoms with Gasteiger partial charge in [0, 0.05) is 12.2 Å². The Morgan fingerprint density at radius 1 is 1.14 bits per heavy atom. The summed E-state index contributed by atoms with van der Waals surface area (Å²) in [7, 11) is 1.91. The fourth-order valence-corrected chi connectivity index (χ4v) is 3.19. The molecule has 4 heteroatoms. The Morgan fingerprint density at radius 3 is 2.81 bits per heavy atom. The highest BCUT2D eigenvalue weighted by Gasteiger charge is 2.26. The van der Waals surface area contributed by atoms with Crippen LogP contribution in [0, 0.1) is 11.6 Å². The number of benzene rings is 1. The van der Waals surface area contributed by atoms with Gasteiger partial charge >= 0.3 is 0 Å². The Morgan fingerprint density at radius 2 is 2.00 bits per heavy atom. The molecule has 0 spiro atoms. The summed E-state index contributed by atoms with van der Waals surface area (Å²) in [5.74, 6) is -1.49. The van der Waals surface area contributed by atoms with Crippen molar-refractivity contribution in [2.45, 2.75) is 31.2 Å². The van der Waals surface area contributed by atoms with Crippen LogP contribution in [0.1, 0.15) is 41.6 Å². The second-order valence-corrected chi connectivity index (χ2v) is 5.51. The van der Waals surface area contributed by atoms with Gasteiger partial charge in [0.25, 0.3) is 0 Å². The van der Waals surface area contributed by atoms with E-state index in [0.717, 1.165) is 24.1 Å². The minimum absolute atomic E-state index is 0.0120. The van der Waals surface area contributed by atoms with E-state index in [9.17, 15) is 8.78 Å². The average Bonchev–Trinajstić information content (AvgIpc) is 2.69. The summed E-state index contributed by atoms with van der Waals surface area (Å²) < 4.78 is 27.5. The van der Waals surface area contributed by atoms with Gasteiger partial charge in [-0.25, -0.2) is 8.78 Å². The molecule has 0 saturated carbocycles. The summed E-state index contributed by atoms with van der Waals surface area (Å²) in [6.07, 6.45) is 4.15. The molecule has 3 rings (SSSR count). The van der Waals surface area contributed by atoms with E-state index < -0.39 is 11.6 Å². The number of hydrogen-bond acceptors (Lipinski definition) is 2. The Bertz CT molecular complexity index is 642. The highest BCUT2D eigenvalue weighted by Crippen LogP contribution is 2.36. The molecule has 0 fully saturated rings. The van der Waals surface area contributed by atoms with Gasteiger partial charge in [-0.2, -0.15) is 0 Å². The number of nitrogens with zero attached hydrogens (tertiary/aromatic N) is 1. The van der Waals surface area contributed by atoms with Crippen LogP contribution in [-0.4, -0.2) is 12.0 Å². The Kier molecular flexibility index (Phi) is 3.97. The van der Waals surface area contributed by atoms with Gasteiger partial charge in [-0.05, 0) is 55.5 Å². The Hall–Kier alpha value is -1.81. The first-order valence-electron chi connectivity index (χ1n) is 7.25. The van der Waals surface area contributed by atoms with Crippen molar-refractivity contribution in [3.63, 3.8) is 0 Å². The summed E-state index contributed by atoms with van der Waals surface area (Å²) in [4.78, 5) is 4.47. The summed E-state index contributed by atoms with van der Waals surface area (Å²) >= 11 is 0. The summed E-state index contributed by atoms with van der Waals surface area (Å²) in [5, 5.41) is 3.27. The van der Waals surface area contributed by atoms with Crippen molar-refractivity contribution < 1.29 is 8.78 Å². The van der Waals surface area contributed by atoms with Gasteiger partial charge in [0.1, 0.15) is 0 Å². The molecule has 2 aromatic rings. The lowest BCUT2D eigenvalue weighted by molar-refractivity contribution is 0.464. The second kappa shape index (κ2) is 5.90. The number of hydrogen-bond donors (Lipinski definition) is 1. The van der Waals surface area contributed by atoms with Crippen LogP contribution in [0.15, 0.2) is 36.5 Å². The molecule has 0 aliphatic heterocycles. The van der Waals surface area contributed by atoms with Gasteiger partial charge in [0.2, 0.25) is 0 Å². The van der Waals surface area contributed by atoms with Crippen LogP contribution in [0.4, 0.5) is 8.78 Å². The molecule has 1 heterocycles. The third kappa shape index (κ3) is 2.68. The average molecular weight is 288 g/mol. The highest BCUT2D eigenvalue weighted by atomic mass is 19.2. The van der Waals surface area contributed by atoms with E-state index >= 15 is 0 Å². The maximum atomic E-state index is 14.1. The van der Waals surface area contributed by atoms with Gasteiger partial charge < -0.3 is 5.32 Å². The zero-order valence-corrected chi connectivity index (χ0v) is 11.9. The lowest BCUT2D eigenvalue weighted by Gasteiger charge is -2.16. The lowest BCUT2D eigenvalue weighted by Crippen LogP contribution is -2.17. The predicted molar refractivity (Wildman–Crippen MR) is 78.1 cm³/mol. The number of nitrogens with one attached hydrogen (secondary N) is 1. The normalized spacial score (nSPS) is 21.7. The minimum Gasteiger partial charge on any atom is -0.312 e. The smallest absolute Gasteiger partial charge is 0.162 e. The highest BCUT2D eigenvalue weighted by molar-refractivity contribution is 5.31. The first-order valence-corrected chi connectivity index (χ1v) is 7.25. The Labute approximate surface area is 123 Å². The van der Waals surface area contributed by atoms with E-state index in [1.54, 1.807) is 18.3 Å². The van der Waals surface area contributed by atoms with E-state index in [0.29, 0.717) is 12.0 Å². The molecule has 0 saturated heterocycles. The quantitative estimate of drug-likeness (QED) is 0.852. The van der Waals surface area contributed by atoms with Gasteiger partial charge in [0.15, 0.2) is 11.6 Å². The minimum atomic E-state index is -0.770. The van der Waals surface area contributed by atoms with Crippen molar-refractivity contribution in [2.24, 2.45) is 0 Å². The van der Waals surface area contributed by atoms with Crippen LogP contribution in [0.25, 0.3) is 0 Å². The van der Waals surface area contributed by atoms with Crippen molar-refractivity contribution in [3.8, 4) is 0 Å². The largest absolute Gasteiger partial charge is 0.312 e. The van der Waals surface area contributed by atoms with Crippen molar-refractivity contribution in [1.82, 2.24) is 10.3 Å². The third-order valence-corrected chi connectivity index (χ3v) is 4.30. The van der Waals surface area contributed by atoms with E-state index in [-0.39, 0.29) is 12.0 Å². The fraction of sp³-hybridized carbons (Fsp3) is 0.353. The molecular weight excluding hydrogens is 270 g/mol. The predicted octanol–water partition coefficient (Wildman–Crippen LogP) is 3.74. The van der Waals surface area contributed by atoms with Gasteiger partial charge in [-0.3, -0.25) is 4.98 Å². The summed E-state index contributed by atoms with van der Waals surface area (Å²) in [6.45, 7) is 0. The van der Waals surface area contributed by atoms with Crippen LogP contribution >= 0.6 is 0 Å². The van der Waals surface area contributed by atoms with E-state index in [1.807, 2.05) is 19.2 Å². The van der Waals surface area contributed by atoms with Crippen LogP contribution in [0.5, 0.6) is 0 Å². The molecule has 110 valence electrons. The van der Waals surface area contributed by atoms with E-state index in [2.05, 4.69) is 10.3 Å². The zero-order chi connectivity index (χ0) is 14.8. The topological polar surface area (TPSA) is 24.9 Å². The molecule has 1 aliphatic rings. The monoisotopic (exact) mass is 288 g/mol. The molecular formula is C17H18F2N2. The number of aromatic nitrogens is 1. The molecule has 21 heavy (non-hydrogen) atoms.